The Hall–Kier alpha value is -1.46. The monoisotopic (exact) mass is 220 g/mol. The number of ether oxygens (including phenoxy) is 1. The van der Waals surface area contributed by atoms with Gasteiger partial charge in [0.25, 0.3) is 0 Å². The van der Waals surface area contributed by atoms with E-state index in [0.717, 1.165) is 17.0 Å². The van der Waals surface area contributed by atoms with Gasteiger partial charge in [0, 0.05) is 19.4 Å². The maximum atomic E-state index is 12.4. The van der Waals surface area contributed by atoms with Crippen molar-refractivity contribution in [3.05, 3.63) is 30.6 Å². The molecule has 1 rings (SSSR count). The van der Waals surface area contributed by atoms with Crippen LogP contribution in [0, 0.1) is 7.05 Å². The number of hydrogen-bond donors (Lipinski definition) is 0. The Morgan fingerprint density at radius 2 is 2.13 bits per heavy atom. The van der Waals surface area contributed by atoms with Crippen LogP contribution in [0.1, 0.15) is 22.8 Å². The maximum Gasteiger partial charge on any atom is 0.418 e. The van der Waals surface area contributed by atoms with E-state index in [0.29, 0.717) is 0 Å². The van der Waals surface area contributed by atoms with Gasteiger partial charge in [-0.15, -0.1) is 0 Å². The average Bonchev–Trinajstić information content (AvgIpc) is 2.47. The van der Waals surface area contributed by atoms with Gasteiger partial charge in [0.2, 0.25) is 0 Å². The molecule has 0 amide bonds. The number of carbonyl (C=O) groups is 1. The minimum Gasteiger partial charge on any atom is -0.462 e. The first-order valence-electron chi connectivity index (χ1n) is 4.13. The third-order valence-electron chi connectivity index (χ3n) is 1.68. The maximum absolute atomic E-state index is 12.4. The Bertz CT molecular complexity index is 368. The van der Waals surface area contributed by atoms with Crippen molar-refractivity contribution in [3.8, 4) is 0 Å². The van der Waals surface area contributed by atoms with Crippen LogP contribution >= 0.6 is 0 Å². The molecular formula is C9H9F3NO2. The summed E-state index contributed by atoms with van der Waals surface area (Å²) in [5, 5.41) is 0. The van der Waals surface area contributed by atoms with Gasteiger partial charge < -0.3 is 9.30 Å². The molecule has 0 atom stereocenters. The zero-order chi connectivity index (χ0) is 11.6. The van der Waals surface area contributed by atoms with E-state index >= 15 is 0 Å². The predicted octanol–water partition coefficient (Wildman–Crippen LogP) is 2.32. The Balaban J connectivity index is 3.12. The quantitative estimate of drug-likeness (QED) is 0.716. The van der Waals surface area contributed by atoms with E-state index in [1.54, 1.807) is 0 Å². The number of alkyl halides is 3. The van der Waals surface area contributed by atoms with Gasteiger partial charge in [0.05, 0.1) is 17.7 Å². The van der Waals surface area contributed by atoms with Crippen LogP contribution in [-0.2, 0) is 10.9 Å². The molecule has 0 aliphatic heterocycles. The third kappa shape index (κ3) is 2.51. The van der Waals surface area contributed by atoms with E-state index in [1.807, 2.05) is 0 Å². The largest absolute Gasteiger partial charge is 0.462 e. The van der Waals surface area contributed by atoms with E-state index in [2.05, 4.69) is 11.8 Å². The molecule has 1 aromatic heterocycles. The lowest BCUT2D eigenvalue weighted by Crippen LogP contribution is -2.12. The van der Waals surface area contributed by atoms with Crippen molar-refractivity contribution in [2.45, 2.75) is 13.1 Å². The van der Waals surface area contributed by atoms with Crippen molar-refractivity contribution in [3.63, 3.8) is 0 Å². The fourth-order valence-electron chi connectivity index (χ4n) is 1.11. The van der Waals surface area contributed by atoms with Crippen molar-refractivity contribution in [2.24, 2.45) is 0 Å². The Morgan fingerprint density at radius 3 is 2.60 bits per heavy atom. The SMILES string of the molecule is [CH2]n1cc(C(=O)OCC)c(C(F)(F)F)c1. The summed E-state index contributed by atoms with van der Waals surface area (Å²) in [7, 11) is 3.27. The van der Waals surface area contributed by atoms with Crippen LogP contribution in [-0.4, -0.2) is 17.1 Å². The molecule has 83 valence electrons. The summed E-state index contributed by atoms with van der Waals surface area (Å²) in [6, 6.07) is 0. The van der Waals surface area contributed by atoms with Gasteiger partial charge in [-0.25, -0.2) is 4.79 Å². The molecule has 0 aromatic carbocycles. The molecule has 1 aromatic rings. The summed E-state index contributed by atoms with van der Waals surface area (Å²) in [5.74, 6) is -0.993. The molecule has 0 saturated heterocycles. The van der Waals surface area contributed by atoms with E-state index < -0.39 is 23.3 Å². The highest BCUT2D eigenvalue weighted by Gasteiger charge is 2.37. The molecule has 0 aliphatic rings. The van der Waals surface area contributed by atoms with Gasteiger partial charge in [-0.05, 0) is 6.92 Å². The van der Waals surface area contributed by atoms with Crippen LogP contribution in [0.25, 0.3) is 0 Å². The Kier molecular flexibility index (Phi) is 3.06. The van der Waals surface area contributed by atoms with Gasteiger partial charge >= 0.3 is 12.1 Å². The highest BCUT2D eigenvalue weighted by atomic mass is 19.4. The van der Waals surface area contributed by atoms with Gasteiger partial charge in [-0.3, -0.25) is 0 Å². The number of hydrogen-bond acceptors (Lipinski definition) is 2. The molecular weight excluding hydrogens is 211 g/mol. The Morgan fingerprint density at radius 1 is 1.53 bits per heavy atom. The lowest BCUT2D eigenvalue weighted by Gasteiger charge is -2.06. The van der Waals surface area contributed by atoms with Crippen LogP contribution in [0.5, 0.6) is 0 Å². The zero-order valence-electron chi connectivity index (χ0n) is 7.97. The van der Waals surface area contributed by atoms with Crippen molar-refractivity contribution in [2.75, 3.05) is 6.61 Å². The number of carbonyl (C=O) groups excluding carboxylic acids is 1. The van der Waals surface area contributed by atoms with E-state index in [9.17, 15) is 18.0 Å². The third-order valence-corrected chi connectivity index (χ3v) is 1.68. The van der Waals surface area contributed by atoms with Crippen LogP contribution in [0.3, 0.4) is 0 Å². The van der Waals surface area contributed by atoms with E-state index in [4.69, 9.17) is 0 Å². The summed E-state index contributed by atoms with van der Waals surface area (Å²) in [6.45, 7) is 1.55. The molecule has 3 nitrogen and oxygen atoms in total. The van der Waals surface area contributed by atoms with Crippen LogP contribution in [0.2, 0.25) is 0 Å². The fraction of sp³-hybridized carbons (Fsp3) is 0.333. The summed E-state index contributed by atoms with van der Waals surface area (Å²) in [5.41, 5.74) is -1.55. The molecule has 1 radical (unpaired) electrons. The summed E-state index contributed by atoms with van der Waals surface area (Å²) in [6.07, 6.45) is -2.85. The topological polar surface area (TPSA) is 31.2 Å². The second-order valence-corrected chi connectivity index (χ2v) is 2.82. The molecule has 0 spiro atoms. The summed E-state index contributed by atoms with van der Waals surface area (Å²) in [4.78, 5) is 11.2. The number of nitrogens with zero attached hydrogens (tertiary/aromatic N) is 1. The van der Waals surface area contributed by atoms with Gasteiger partial charge in [0.15, 0.2) is 0 Å². The standard InChI is InChI=1S/C9H9F3NO2/c1-3-15-8(14)6-4-13(2)5-7(6)9(10,11)12/h4-5H,2-3H2,1H3. The molecule has 6 heteroatoms. The number of aromatic nitrogens is 1. The van der Waals surface area contributed by atoms with Crippen LogP contribution in [0.15, 0.2) is 12.4 Å². The van der Waals surface area contributed by atoms with Gasteiger partial charge in [0.1, 0.15) is 0 Å². The second kappa shape index (κ2) is 3.96. The lowest BCUT2D eigenvalue weighted by atomic mass is 10.2. The summed E-state index contributed by atoms with van der Waals surface area (Å²) >= 11 is 0. The predicted molar refractivity (Wildman–Crippen MR) is 46.1 cm³/mol. The van der Waals surface area contributed by atoms with Crippen molar-refractivity contribution >= 4 is 5.97 Å². The number of rotatable bonds is 2. The number of esters is 1. The van der Waals surface area contributed by atoms with Crippen LogP contribution in [0.4, 0.5) is 13.2 Å². The first kappa shape index (κ1) is 11.6. The highest BCUT2D eigenvalue weighted by molar-refractivity contribution is 5.91. The smallest absolute Gasteiger partial charge is 0.418 e. The molecule has 15 heavy (non-hydrogen) atoms. The number of halogens is 3. The summed E-state index contributed by atoms with van der Waals surface area (Å²) < 4.78 is 42.7. The van der Waals surface area contributed by atoms with Crippen molar-refractivity contribution in [1.82, 2.24) is 4.57 Å². The first-order chi connectivity index (χ1) is 6.86. The molecule has 0 bridgehead atoms. The minimum absolute atomic E-state index is 0.0262. The van der Waals surface area contributed by atoms with Crippen LogP contribution < -0.4 is 0 Å². The van der Waals surface area contributed by atoms with Crippen molar-refractivity contribution in [1.29, 1.82) is 0 Å². The molecule has 0 aliphatic carbocycles. The van der Waals surface area contributed by atoms with Crippen molar-refractivity contribution < 1.29 is 22.7 Å². The average molecular weight is 220 g/mol. The van der Waals surface area contributed by atoms with Gasteiger partial charge in [-0.2, -0.15) is 13.2 Å². The zero-order valence-corrected chi connectivity index (χ0v) is 7.97. The Labute approximate surface area is 84.4 Å². The lowest BCUT2D eigenvalue weighted by molar-refractivity contribution is -0.138. The minimum atomic E-state index is -4.58. The molecule has 1 heterocycles. The normalized spacial score (nSPS) is 11.5. The first-order valence-corrected chi connectivity index (χ1v) is 4.13. The fourth-order valence-corrected chi connectivity index (χ4v) is 1.11. The van der Waals surface area contributed by atoms with E-state index in [1.165, 1.54) is 6.92 Å². The molecule has 0 unspecified atom stereocenters. The molecule has 0 N–H and O–H groups in total. The molecule has 0 saturated carbocycles. The molecule has 0 fully saturated rings. The second-order valence-electron chi connectivity index (χ2n) is 2.82. The highest BCUT2D eigenvalue weighted by Crippen LogP contribution is 2.32. The van der Waals surface area contributed by atoms with Gasteiger partial charge in [-0.1, -0.05) is 0 Å². The van der Waals surface area contributed by atoms with E-state index in [-0.39, 0.29) is 6.61 Å².